The Kier molecular flexibility index (Phi) is 5.99. The molecule has 0 aromatic heterocycles. The van der Waals surface area contributed by atoms with E-state index in [1.54, 1.807) is 12.1 Å². The number of para-hydroxylation sites is 1. The number of ether oxygens (including phenoxy) is 1. The van der Waals surface area contributed by atoms with Gasteiger partial charge in [-0.15, -0.1) is 0 Å². The minimum Gasteiger partial charge on any atom is -0.480 e. The lowest BCUT2D eigenvalue weighted by atomic mass is 10.1. The normalized spacial score (nSPS) is 15.6. The van der Waals surface area contributed by atoms with E-state index in [1.807, 2.05) is 54.8 Å². The first kappa shape index (κ1) is 19.2. The lowest BCUT2D eigenvalue weighted by molar-refractivity contribution is -0.139. The maximum atomic E-state index is 14.0. The number of anilines is 1. The molecule has 1 atom stereocenters. The van der Waals surface area contributed by atoms with Gasteiger partial charge in [-0.2, -0.15) is 0 Å². The van der Waals surface area contributed by atoms with Gasteiger partial charge in [-0.05, 0) is 49.6 Å². The van der Waals surface area contributed by atoms with Gasteiger partial charge in [0.1, 0.15) is 11.6 Å². The standard InChI is InChI=1S/C22H27FN2O2/c1-4-20(27-21-15-16(2)9-10-17(21)3)22(26)25-13-11-24(12-14-25)19-8-6-5-7-18(19)23/h5-10,15,20H,4,11-14H2,1-3H3/t20-/m0/s1. The van der Waals surface area contributed by atoms with Crippen molar-refractivity contribution in [1.29, 1.82) is 0 Å². The molecule has 2 aromatic carbocycles. The van der Waals surface area contributed by atoms with Gasteiger partial charge in [0.05, 0.1) is 5.69 Å². The van der Waals surface area contributed by atoms with Crippen LogP contribution in [0, 0.1) is 19.7 Å². The number of hydrogen-bond donors (Lipinski definition) is 0. The first-order valence-electron chi connectivity index (χ1n) is 9.51. The van der Waals surface area contributed by atoms with Gasteiger partial charge in [0.15, 0.2) is 6.10 Å². The summed E-state index contributed by atoms with van der Waals surface area (Å²) >= 11 is 0. The van der Waals surface area contributed by atoms with Gasteiger partial charge in [0.25, 0.3) is 5.91 Å². The Labute approximate surface area is 160 Å². The van der Waals surface area contributed by atoms with Gasteiger partial charge in [-0.3, -0.25) is 4.79 Å². The third kappa shape index (κ3) is 4.41. The van der Waals surface area contributed by atoms with Crippen LogP contribution in [-0.4, -0.2) is 43.1 Å². The Morgan fingerprint density at radius 2 is 1.81 bits per heavy atom. The molecule has 0 N–H and O–H groups in total. The van der Waals surface area contributed by atoms with Crippen LogP contribution in [0.15, 0.2) is 42.5 Å². The van der Waals surface area contributed by atoms with Crippen LogP contribution >= 0.6 is 0 Å². The van der Waals surface area contributed by atoms with Crippen molar-refractivity contribution < 1.29 is 13.9 Å². The number of benzene rings is 2. The van der Waals surface area contributed by atoms with Gasteiger partial charge in [0, 0.05) is 26.2 Å². The molecule has 5 heteroatoms. The van der Waals surface area contributed by atoms with E-state index in [9.17, 15) is 9.18 Å². The Morgan fingerprint density at radius 3 is 2.48 bits per heavy atom. The van der Waals surface area contributed by atoms with E-state index in [-0.39, 0.29) is 11.7 Å². The third-order valence-corrected chi connectivity index (χ3v) is 5.04. The van der Waals surface area contributed by atoms with Crippen LogP contribution in [0.25, 0.3) is 0 Å². The zero-order valence-electron chi connectivity index (χ0n) is 16.2. The van der Waals surface area contributed by atoms with Gasteiger partial charge in [-0.25, -0.2) is 4.39 Å². The van der Waals surface area contributed by atoms with Crippen LogP contribution in [0.1, 0.15) is 24.5 Å². The van der Waals surface area contributed by atoms with Crippen LogP contribution in [0.2, 0.25) is 0 Å². The zero-order chi connectivity index (χ0) is 19.4. The van der Waals surface area contributed by atoms with E-state index in [0.717, 1.165) is 16.9 Å². The highest BCUT2D eigenvalue weighted by atomic mass is 19.1. The van der Waals surface area contributed by atoms with Crippen molar-refractivity contribution in [3.8, 4) is 5.75 Å². The van der Waals surface area contributed by atoms with Crippen molar-refractivity contribution in [2.75, 3.05) is 31.1 Å². The molecule has 0 saturated carbocycles. The molecule has 144 valence electrons. The molecular formula is C22H27FN2O2. The fourth-order valence-corrected chi connectivity index (χ4v) is 3.38. The summed E-state index contributed by atoms with van der Waals surface area (Å²) in [6, 6.07) is 12.8. The molecule has 0 aliphatic carbocycles. The summed E-state index contributed by atoms with van der Waals surface area (Å²) < 4.78 is 20.0. The maximum absolute atomic E-state index is 14.0. The lowest BCUT2D eigenvalue weighted by Gasteiger charge is -2.37. The molecule has 4 nitrogen and oxygen atoms in total. The van der Waals surface area contributed by atoms with E-state index in [2.05, 4.69) is 0 Å². The fraction of sp³-hybridized carbons (Fsp3) is 0.409. The second-order valence-electron chi connectivity index (χ2n) is 7.05. The number of hydrogen-bond acceptors (Lipinski definition) is 3. The van der Waals surface area contributed by atoms with Crippen LogP contribution in [0.4, 0.5) is 10.1 Å². The molecule has 1 heterocycles. The quantitative estimate of drug-likeness (QED) is 0.799. The smallest absolute Gasteiger partial charge is 0.263 e. The molecule has 3 rings (SSSR count). The Balaban J connectivity index is 1.63. The van der Waals surface area contributed by atoms with E-state index < -0.39 is 6.10 Å². The fourth-order valence-electron chi connectivity index (χ4n) is 3.38. The molecule has 0 bridgehead atoms. The highest BCUT2D eigenvalue weighted by Gasteiger charge is 2.28. The number of piperazine rings is 1. The monoisotopic (exact) mass is 370 g/mol. The highest BCUT2D eigenvalue weighted by molar-refractivity contribution is 5.81. The molecule has 1 fully saturated rings. The minimum absolute atomic E-state index is 0.00610. The number of nitrogens with zero attached hydrogens (tertiary/aromatic N) is 2. The molecule has 0 unspecified atom stereocenters. The number of rotatable bonds is 5. The number of carbonyl (C=O) groups is 1. The van der Waals surface area contributed by atoms with Gasteiger partial charge in [-0.1, -0.05) is 31.2 Å². The minimum atomic E-state index is -0.495. The number of halogens is 1. The van der Waals surface area contributed by atoms with E-state index in [0.29, 0.717) is 38.3 Å². The van der Waals surface area contributed by atoms with Gasteiger partial charge < -0.3 is 14.5 Å². The topological polar surface area (TPSA) is 32.8 Å². The van der Waals surface area contributed by atoms with Crippen LogP contribution < -0.4 is 9.64 Å². The van der Waals surface area contributed by atoms with E-state index in [4.69, 9.17) is 4.74 Å². The Morgan fingerprint density at radius 1 is 1.11 bits per heavy atom. The van der Waals surface area contributed by atoms with Crippen LogP contribution in [0.3, 0.4) is 0 Å². The summed E-state index contributed by atoms with van der Waals surface area (Å²) in [7, 11) is 0. The van der Waals surface area contributed by atoms with Gasteiger partial charge >= 0.3 is 0 Å². The molecular weight excluding hydrogens is 343 g/mol. The molecule has 0 radical (unpaired) electrons. The lowest BCUT2D eigenvalue weighted by Crippen LogP contribution is -2.52. The van der Waals surface area contributed by atoms with Crippen LogP contribution in [-0.2, 0) is 4.79 Å². The summed E-state index contributed by atoms with van der Waals surface area (Å²) in [6.07, 6.45) is 0.116. The second-order valence-corrected chi connectivity index (χ2v) is 7.05. The first-order valence-corrected chi connectivity index (χ1v) is 9.51. The number of aryl methyl sites for hydroxylation is 2. The van der Waals surface area contributed by atoms with Crippen molar-refractivity contribution in [1.82, 2.24) is 4.90 Å². The van der Waals surface area contributed by atoms with Gasteiger partial charge in [0.2, 0.25) is 0 Å². The van der Waals surface area contributed by atoms with Crippen molar-refractivity contribution in [3.63, 3.8) is 0 Å². The number of carbonyl (C=O) groups excluding carboxylic acids is 1. The zero-order valence-corrected chi connectivity index (χ0v) is 16.2. The molecule has 1 aliphatic heterocycles. The molecule has 27 heavy (non-hydrogen) atoms. The van der Waals surface area contributed by atoms with Crippen molar-refractivity contribution in [3.05, 3.63) is 59.4 Å². The highest BCUT2D eigenvalue weighted by Crippen LogP contribution is 2.23. The summed E-state index contributed by atoms with van der Waals surface area (Å²) in [5.41, 5.74) is 2.73. The molecule has 1 amide bonds. The van der Waals surface area contributed by atoms with Crippen LogP contribution in [0.5, 0.6) is 5.75 Å². The Bertz CT molecular complexity index is 801. The molecule has 1 saturated heterocycles. The molecule has 1 aliphatic rings. The summed E-state index contributed by atoms with van der Waals surface area (Å²) in [5.74, 6) is 0.550. The average molecular weight is 370 g/mol. The van der Waals surface area contributed by atoms with Crippen molar-refractivity contribution in [2.45, 2.75) is 33.3 Å². The predicted octanol–water partition coefficient (Wildman–Crippen LogP) is 3.95. The number of amides is 1. The summed E-state index contributed by atoms with van der Waals surface area (Å²) in [4.78, 5) is 16.8. The molecule has 0 spiro atoms. The Hall–Kier alpha value is -2.56. The van der Waals surface area contributed by atoms with Crippen molar-refractivity contribution in [2.24, 2.45) is 0 Å². The maximum Gasteiger partial charge on any atom is 0.263 e. The SMILES string of the molecule is CC[C@H](Oc1cc(C)ccc1C)C(=O)N1CCN(c2ccccc2F)CC1. The largest absolute Gasteiger partial charge is 0.480 e. The summed E-state index contributed by atoms with van der Waals surface area (Å²) in [5, 5.41) is 0. The predicted molar refractivity (Wildman–Crippen MR) is 106 cm³/mol. The third-order valence-electron chi connectivity index (χ3n) is 5.04. The average Bonchev–Trinajstić information content (AvgIpc) is 2.68. The second kappa shape index (κ2) is 8.42. The first-order chi connectivity index (χ1) is 13.0. The van der Waals surface area contributed by atoms with Crippen molar-refractivity contribution >= 4 is 11.6 Å². The van der Waals surface area contributed by atoms with E-state index in [1.165, 1.54) is 6.07 Å². The summed E-state index contributed by atoms with van der Waals surface area (Å²) in [6.45, 7) is 8.33. The van der Waals surface area contributed by atoms with E-state index >= 15 is 0 Å². The molecule has 2 aromatic rings.